The van der Waals surface area contributed by atoms with E-state index in [-0.39, 0.29) is 88.9 Å². The van der Waals surface area contributed by atoms with Crippen LogP contribution in [0.4, 0.5) is 32.6 Å². The number of methoxy groups -OCH3 is 1. The maximum Gasteiger partial charge on any atom is 0.471 e. The van der Waals surface area contributed by atoms with E-state index in [2.05, 4.69) is 33.0 Å². The second-order valence-corrected chi connectivity index (χ2v) is 20.1. The van der Waals surface area contributed by atoms with Crippen LogP contribution >= 0.6 is 0 Å². The van der Waals surface area contributed by atoms with Gasteiger partial charge in [0.05, 0.1) is 30.3 Å². The van der Waals surface area contributed by atoms with Gasteiger partial charge in [0.2, 0.25) is 5.88 Å². The van der Waals surface area contributed by atoms with Crippen LogP contribution in [0.2, 0.25) is 0 Å². The van der Waals surface area contributed by atoms with Gasteiger partial charge >= 0.3 is 24.2 Å². The molecule has 2 N–H and O–H groups in total. The number of amides is 2. The maximum atomic E-state index is 17.5. The highest BCUT2D eigenvalue weighted by atomic mass is 19.4. The number of phenols is 1. The molecule has 2 aromatic heterocycles. The molecule has 2 aromatic carbocycles. The van der Waals surface area contributed by atoms with Crippen molar-refractivity contribution in [1.82, 2.24) is 30.1 Å². The van der Waals surface area contributed by atoms with Crippen molar-refractivity contribution in [3.8, 4) is 41.2 Å². The second kappa shape index (κ2) is 23.4. The van der Waals surface area contributed by atoms with E-state index >= 15 is 8.78 Å². The van der Waals surface area contributed by atoms with Gasteiger partial charge in [-0.15, -0.1) is 6.42 Å². The number of nitrogens with one attached hydrogen (secondary N) is 1. The first-order chi connectivity index (χ1) is 34.8. The molecule has 6 heterocycles. The number of pyridine rings is 1. The summed E-state index contributed by atoms with van der Waals surface area (Å²) in [6.07, 6.45) is 21.6. The summed E-state index contributed by atoms with van der Waals surface area (Å²) in [7, 11) is 1.30. The molecule has 13 nitrogen and oxygen atoms in total. The number of halogens is 5. The van der Waals surface area contributed by atoms with Gasteiger partial charge in [-0.2, -0.15) is 23.1 Å². The Kier molecular flexibility index (Phi) is 17.1. The van der Waals surface area contributed by atoms with Crippen molar-refractivity contribution in [3.63, 3.8) is 0 Å². The first-order valence-corrected chi connectivity index (χ1v) is 26.1. The molecule has 18 heteroatoms. The molecule has 0 spiro atoms. The Morgan fingerprint density at radius 2 is 1.56 bits per heavy atom. The van der Waals surface area contributed by atoms with Crippen LogP contribution in [0.5, 0.6) is 17.6 Å². The molecule has 0 saturated carbocycles. The Morgan fingerprint density at radius 1 is 0.889 bits per heavy atom. The molecule has 72 heavy (non-hydrogen) atoms. The number of alkyl carbamates (subject to hydrolysis) is 1. The molecule has 4 fully saturated rings. The number of nitrogens with zero attached hydrogens (tertiary/aromatic N) is 6. The van der Waals surface area contributed by atoms with Gasteiger partial charge in [0, 0.05) is 36.6 Å². The topological polar surface area (TPSA) is 142 Å². The van der Waals surface area contributed by atoms with Crippen molar-refractivity contribution in [3.05, 3.63) is 41.5 Å². The molecular formula is C54H68F5N7O6. The normalized spacial score (nSPS) is 20.8. The Balaban J connectivity index is 0.958. The first-order valence-electron chi connectivity index (χ1n) is 26.1. The lowest BCUT2D eigenvalue weighted by atomic mass is 9.95. The molecular weight excluding hydrogens is 938 g/mol. The van der Waals surface area contributed by atoms with Crippen molar-refractivity contribution in [1.29, 1.82) is 0 Å². The molecule has 390 valence electrons. The Bertz CT molecular complexity index is 2600. The number of anilines is 1. The molecule has 4 atom stereocenters. The number of carbonyl (C=O) groups excluding carboxylic acids is 2. The van der Waals surface area contributed by atoms with Crippen molar-refractivity contribution in [2.75, 3.05) is 51.4 Å². The number of benzene rings is 2. The van der Waals surface area contributed by atoms with Crippen LogP contribution in [-0.4, -0.2) is 118 Å². The standard InChI is InChI=1S/C54H68F5N7O6/c1-4-6-7-8-9-10-11-12-13-14-15-16-17-18-27-60-52(69)71-33-38-24-26-53(25-19-28-65(38)53)34-72-51-62-47-44(48(63-51)64-31-36-21-22-37(32-64)66(36)50(68)54(57,58)59)49(70-3)61-46(45(47)56)41-30-39(67)29-35-20-23-42(55)40(5-2)43(35)41/h2,20,23,29-30,36-38,67H,4,6-19,21-22,24-28,31-34H2,1,3H3,(H,60,69)/t36?,37?,38-,53-/m1/s1. The summed E-state index contributed by atoms with van der Waals surface area (Å²) in [5, 5.41) is 14.1. The fourth-order valence-corrected chi connectivity index (χ4v) is 11.8. The number of phenolic OH excluding ortho intramolecular Hbond substituents is 1. The zero-order valence-corrected chi connectivity index (χ0v) is 41.6. The summed E-state index contributed by atoms with van der Waals surface area (Å²) in [6, 6.07) is 3.20. The van der Waals surface area contributed by atoms with E-state index in [1.807, 2.05) is 0 Å². The van der Waals surface area contributed by atoms with E-state index in [4.69, 9.17) is 25.6 Å². The van der Waals surface area contributed by atoms with Crippen molar-refractivity contribution < 1.29 is 50.9 Å². The summed E-state index contributed by atoms with van der Waals surface area (Å²) in [4.78, 5) is 44.2. The minimum absolute atomic E-state index is 0.00438. The number of alkyl halides is 3. The number of piperazine rings is 1. The molecule has 4 aliphatic rings. The number of unbranched alkanes of at least 4 members (excludes halogenated alkanes) is 13. The number of rotatable bonds is 23. The number of aromatic nitrogens is 3. The number of hydrogen-bond acceptors (Lipinski definition) is 11. The Labute approximate surface area is 418 Å². The average Bonchev–Trinajstić information content (AvgIpc) is 4.02. The van der Waals surface area contributed by atoms with Gasteiger partial charge in [-0.25, -0.2) is 18.6 Å². The summed E-state index contributed by atoms with van der Waals surface area (Å²) in [5.41, 5.74) is -1.39. The predicted octanol–water partition coefficient (Wildman–Crippen LogP) is 11.1. The second-order valence-electron chi connectivity index (χ2n) is 20.1. The van der Waals surface area contributed by atoms with Crippen molar-refractivity contribution >= 4 is 39.5 Å². The van der Waals surface area contributed by atoms with E-state index in [1.165, 1.54) is 95.9 Å². The fourth-order valence-electron chi connectivity index (χ4n) is 11.8. The van der Waals surface area contributed by atoms with Crippen molar-refractivity contribution in [2.45, 2.75) is 165 Å². The number of fused-ring (bicyclic) bond motifs is 5. The predicted molar refractivity (Wildman–Crippen MR) is 265 cm³/mol. The molecule has 0 aliphatic carbocycles. The van der Waals surface area contributed by atoms with E-state index in [0.717, 1.165) is 62.5 Å². The number of aromatic hydroxyl groups is 1. The smallest absolute Gasteiger partial charge is 0.471 e. The number of hydrogen-bond donors (Lipinski definition) is 2. The zero-order valence-electron chi connectivity index (χ0n) is 41.6. The van der Waals surface area contributed by atoms with E-state index < -0.39 is 47.4 Å². The van der Waals surface area contributed by atoms with E-state index in [9.17, 15) is 27.9 Å². The summed E-state index contributed by atoms with van der Waals surface area (Å²) in [5.74, 6) is -1.69. The number of terminal acetylenes is 1. The monoisotopic (exact) mass is 1010 g/mol. The Morgan fingerprint density at radius 3 is 2.19 bits per heavy atom. The van der Waals surface area contributed by atoms with Crippen LogP contribution in [-0.2, 0) is 9.53 Å². The summed E-state index contributed by atoms with van der Waals surface area (Å²) in [6.45, 7) is 3.71. The third-order valence-electron chi connectivity index (χ3n) is 15.3. The lowest BCUT2D eigenvalue weighted by Gasteiger charge is -2.42. The van der Waals surface area contributed by atoms with Gasteiger partial charge in [0.1, 0.15) is 47.2 Å². The molecule has 4 aromatic rings. The highest BCUT2D eigenvalue weighted by Crippen LogP contribution is 2.46. The lowest BCUT2D eigenvalue weighted by molar-refractivity contribution is -0.188. The van der Waals surface area contributed by atoms with Crippen LogP contribution < -0.4 is 19.7 Å². The first kappa shape index (κ1) is 52.6. The van der Waals surface area contributed by atoms with Gasteiger partial charge in [-0.1, -0.05) is 102 Å². The van der Waals surface area contributed by atoms with E-state index in [1.54, 1.807) is 4.90 Å². The number of ether oxygens (including phenoxy) is 3. The van der Waals surface area contributed by atoms with Crippen LogP contribution in [0.3, 0.4) is 0 Å². The van der Waals surface area contributed by atoms with Gasteiger partial charge in [0.25, 0.3) is 0 Å². The molecule has 2 amide bonds. The highest BCUT2D eigenvalue weighted by molar-refractivity contribution is 6.04. The van der Waals surface area contributed by atoms with Crippen LogP contribution in [0.15, 0.2) is 24.3 Å². The third-order valence-corrected chi connectivity index (χ3v) is 15.3. The molecule has 2 bridgehead atoms. The van der Waals surface area contributed by atoms with Crippen LogP contribution in [0, 0.1) is 24.0 Å². The molecule has 4 saturated heterocycles. The minimum atomic E-state index is -5.06. The zero-order chi connectivity index (χ0) is 51.0. The molecule has 0 radical (unpaired) electrons. The largest absolute Gasteiger partial charge is 0.508 e. The SMILES string of the molecule is C#Cc1c(F)ccc2cc(O)cc(-c3nc(OC)c4c(N5CC6CCC(C5)N6C(=O)C(F)(F)F)nc(OC[C@]56CCCN5[C@@H](COC(=O)NCCCCCCCCCCCCCCCC)CC6)nc4c3F)c12. The quantitative estimate of drug-likeness (QED) is 0.0416. The molecule has 8 rings (SSSR count). The number of carbonyl (C=O) groups is 2. The maximum absolute atomic E-state index is 17.5. The van der Waals surface area contributed by atoms with E-state index in [0.29, 0.717) is 24.8 Å². The van der Waals surface area contributed by atoms with Gasteiger partial charge in [0.15, 0.2) is 5.82 Å². The third kappa shape index (κ3) is 11.6. The average molecular weight is 1010 g/mol. The molecule has 2 unspecified atom stereocenters. The van der Waals surface area contributed by atoms with Crippen LogP contribution in [0.25, 0.3) is 32.9 Å². The highest BCUT2D eigenvalue weighted by Gasteiger charge is 2.53. The fraction of sp³-hybridized carbons (Fsp3) is 0.611. The van der Waals surface area contributed by atoms with Crippen LogP contribution in [0.1, 0.15) is 141 Å². The van der Waals surface area contributed by atoms with Gasteiger partial charge < -0.3 is 34.4 Å². The van der Waals surface area contributed by atoms with Crippen molar-refractivity contribution in [2.24, 2.45) is 0 Å². The minimum Gasteiger partial charge on any atom is -0.508 e. The Hall–Kier alpha value is -5.70. The summed E-state index contributed by atoms with van der Waals surface area (Å²) < 4.78 is 92.0. The van der Waals surface area contributed by atoms with Gasteiger partial charge in [-0.3, -0.25) is 9.69 Å². The summed E-state index contributed by atoms with van der Waals surface area (Å²) >= 11 is 0. The van der Waals surface area contributed by atoms with Gasteiger partial charge in [-0.05, 0) is 75.1 Å². The lowest BCUT2D eigenvalue weighted by Crippen LogP contribution is -2.59. The molecule has 4 aliphatic heterocycles.